The second-order valence-electron chi connectivity index (χ2n) is 3.84. The largest absolute Gasteiger partial charge is 0.480 e. The van der Waals surface area contributed by atoms with Gasteiger partial charge in [-0.25, -0.2) is 4.79 Å². The van der Waals surface area contributed by atoms with Crippen molar-refractivity contribution in [2.24, 2.45) is 0 Å². The van der Waals surface area contributed by atoms with Gasteiger partial charge in [-0.1, -0.05) is 12.1 Å². The van der Waals surface area contributed by atoms with Crippen molar-refractivity contribution in [1.82, 2.24) is 5.32 Å². The summed E-state index contributed by atoms with van der Waals surface area (Å²) in [6.07, 6.45) is 0. The van der Waals surface area contributed by atoms with Gasteiger partial charge in [0, 0.05) is 17.7 Å². The fourth-order valence-electron chi connectivity index (χ4n) is 1.35. The number of nitrogens with one attached hydrogen (secondary N) is 1. The Labute approximate surface area is 110 Å². The molecule has 2 N–H and O–H groups in total. The molecule has 0 aliphatic heterocycles. The third-order valence-electron chi connectivity index (χ3n) is 2.31. The van der Waals surface area contributed by atoms with E-state index in [1.165, 1.54) is 6.92 Å². The zero-order valence-electron chi connectivity index (χ0n) is 10.5. The first-order valence-electron chi connectivity index (χ1n) is 5.69. The number of amides is 1. The van der Waals surface area contributed by atoms with Crippen LogP contribution in [0.4, 0.5) is 0 Å². The number of carbonyl (C=O) groups is 3. The lowest BCUT2D eigenvalue weighted by molar-refractivity contribution is -0.142. The van der Waals surface area contributed by atoms with E-state index in [4.69, 9.17) is 9.84 Å². The van der Waals surface area contributed by atoms with Gasteiger partial charge in [-0.3, -0.25) is 9.59 Å². The second-order valence-corrected chi connectivity index (χ2v) is 3.84. The van der Waals surface area contributed by atoms with Crippen LogP contribution >= 0.6 is 0 Å². The minimum absolute atomic E-state index is 0.0611. The SMILES string of the molecule is CC(=O)c1ccc(C(=O)NCCOCC(=O)O)cc1. The molecular formula is C13H15NO5. The van der Waals surface area contributed by atoms with Crippen LogP contribution in [0.25, 0.3) is 0 Å². The van der Waals surface area contributed by atoms with Crippen LogP contribution in [-0.2, 0) is 9.53 Å². The Morgan fingerprint density at radius 1 is 1.16 bits per heavy atom. The summed E-state index contributed by atoms with van der Waals surface area (Å²) in [5.41, 5.74) is 0.976. The highest BCUT2D eigenvalue weighted by Gasteiger charge is 2.06. The summed E-state index contributed by atoms with van der Waals surface area (Å²) in [6.45, 7) is 1.42. The van der Waals surface area contributed by atoms with E-state index in [2.05, 4.69) is 5.32 Å². The van der Waals surface area contributed by atoms with Crippen LogP contribution in [0.5, 0.6) is 0 Å². The number of aliphatic carboxylic acids is 1. The number of hydrogen-bond donors (Lipinski definition) is 2. The van der Waals surface area contributed by atoms with Crippen LogP contribution in [0.1, 0.15) is 27.6 Å². The number of carboxylic acids is 1. The molecule has 0 heterocycles. The molecule has 0 fully saturated rings. The molecule has 0 unspecified atom stereocenters. The van der Waals surface area contributed by atoms with Crippen LogP contribution in [0.2, 0.25) is 0 Å². The van der Waals surface area contributed by atoms with Crippen molar-refractivity contribution in [2.75, 3.05) is 19.8 Å². The Morgan fingerprint density at radius 2 is 1.74 bits per heavy atom. The number of carbonyl (C=O) groups excluding carboxylic acids is 2. The first-order valence-corrected chi connectivity index (χ1v) is 5.69. The normalized spacial score (nSPS) is 9.95. The Hall–Kier alpha value is -2.21. The fraction of sp³-hybridized carbons (Fsp3) is 0.308. The molecule has 0 aliphatic rings. The quantitative estimate of drug-likeness (QED) is 0.559. The molecule has 6 heteroatoms. The van der Waals surface area contributed by atoms with Crippen molar-refractivity contribution in [3.63, 3.8) is 0 Å². The molecule has 6 nitrogen and oxygen atoms in total. The standard InChI is InChI=1S/C13H15NO5/c1-9(15)10-2-4-11(5-3-10)13(18)14-6-7-19-8-12(16)17/h2-5H,6-8H2,1H3,(H,14,18)(H,16,17). The smallest absolute Gasteiger partial charge is 0.329 e. The van der Waals surface area contributed by atoms with Gasteiger partial charge in [0.25, 0.3) is 5.91 Å². The van der Waals surface area contributed by atoms with E-state index >= 15 is 0 Å². The molecule has 1 aromatic carbocycles. The third kappa shape index (κ3) is 5.31. The number of benzene rings is 1. The van der Waals surface area contributed by atoms with Gasteiger partial charge in [0.1, 0.15) is 6.61 Å². The lowest BCUT2D eigenvalue weighted by Gasteiger charge is -2.05. The highest BCUT2D eigenvalue weighted by molar-refractivity contribution is 5.97. The molecule has 0 bridgehead atoms. The maximum Gasteiger partial charge on any atom is 0.329 e. The molecule has 0 aromatic heterocycles. The van der Waals surface area contributed by atoms with E-state index < -0.39 is 5.97 Å². The van der Waals surface area contributed by atoms with Gasteiger partial charge in [0.15, 0.2) is 5.78 Å². The van der Waals surface area contributed by atoms with Crippen LogP contribution in [0, 0.1) is 0 Å². The highest BCUT2D eigenvalue weighted by atomic mass is 16.5. The van der Waals surface area contributed by atoms with E-state index in [0.29, 0.717) is 11.1 Å². The molecule has 0 aliphatic carbocycles. The van der Waals surface area contributed by atoms with Crippen LogP contribution < -0.4 is 5.32 Å². The first-order chi connectivity index (χ1) is 9.00. The van der Waals surface area contributed by atoms with Crippen molar-refractivity contribution in [3.8, 4) is 0 Å². The van der Waals surface area contributed by atoms with Gasteiger partial charge in [0.05, 0.1) is 6.61 Å². The molecule has 0 atom stereocenters. The third-order valence-corrected chi connectivity index (χ3v) is 2.31. The summed E-state index contributed by atoms with van der Waals surface area (Å²) in [5, 5.41) is 10.9. The van der Waals surface area contributed by atoms with Crippen molar-refractivity contribution in [1.29, 1.82) is 0 Å². The van der Waals surface area contributed by atoms with Crippen molar-refractivity contribution < 1.29 is 24.2 Å². The van der Waals surface area contributed by atoms with Crippen molar-refractivity contribution >= 4 is 17.7 Å². The summed E-state index contributed by atoms with van der Waals surface area (Å²) in [7, 11) is 0. The van der Waals surface area contributed by atoms with Crippen molar-refractivity contribution in [3.05, 3.63) is 35.4 Å². The van der Waals surface area contributed by atoms with Gasteiger partial charge in [-0.05, 0) is 19.1 Å². The zero-order chi connectivity index (χ0) is 14.3. The molecule has 0 spiro atoms. The van der Waals surface area contributed by atoms with E-state index in [1.54, 1.807) is 24.3 Å². The van der Waals surface area contributed by atoms with Crippen LogP contribution in [0.3, 0.4) is 0 Å². The molecular weight excluding hydrogens is 250 g/mol. The van der Waals surface area contributed by atoms with Crippen LogP contribution in [0.15, 0.2) is 24.3 Å². The Bertz CT molecular complexity index is 466. The fourth-order valence-corrected chi connectivity index (χ4v) is 1.35. The van der Waals surface area contributed by atoms with E-state index in [-0.39, 0.29) is 31.4 Å². The Balaban J connectivity index is 2.37. The van der Waals surface area contributed by atoms with Crippen LogP contribution in [-0.4, -0.2) is 42.5 Å². The summed E-state index contributed by atoms with van der Waals surface area (Å²) in [6, 6.07) is 6.28. The molecule has 0 radical (unpaired) electrons. The number of carboxylic acid groups (broad SMARTS) is 1. The first kappa shape index (κ1) is 14.8. The van der Waals surface area contributed by atoms with Gasteiger partial charge < -0.3 is 15.2 Å². The molecule has 1 rings (SSSR count). The summed E-state index contributed by atoms with van der Waals surface area (Å²) in [5.74, 6) is -1.41. The number of Topliss-reactive ketones (excluding diaryl/α,β-unsaturated/α-hetero) is 1. The highest BCUT2D eigenvalue weighted by Crippen LogP contribution is 2.04. The lowest BCUT2D eigenvalue weighted by atomic mass is 10.1. The summed E-state index contributed by atoms with van der Waals surface area (Å²) in [4.78, 5) is 32.9. The predicted molar refractivity (Wildman–Crippen MR) is 67.2 cm³/mol. The topological polar surface area (TPSA) is 92.7 Å². The molecule has 1 aromatic rings. The number of ether oxygens (including phenoxy) is 1. The summed E-state index contributed by atoms with van der Waals surface area (Å²) < 4.78 is 4.77. The number of hydrogen-bond acceptors (Lipinski definition) is 4. The predicted octanol–water partition coefficient (Wildman–Crippen LogP) is 0.720. The molecule has 19 heavy (non-hydrogen) atoms. The van der Waals surface area contributed by atoms with E-state index in [1.807, 2.05) is 0 Å². The van der Waals surface area contributed by atoms with Gasteiger partial charge >= 0.3 is 5.97 Å². The minimum Gasteiger partial charge on any atom is -0.480 e. The summed E-state index contributed by atoms with van der Waals surface area (Å²) >= 11 is 0. The molecule has 1 amide bonds. The maximum absolute atomic E-state index is 11.7. The monoisotopic (exact) mass is 265 g/mol. The van der Waals surface area contributed by atoms with E-state index in [0.717, 1.165) is 0 Å². The van der Waals surface area contributed by atoms with E-state index in [9.17, 15) is 14.4 Å². The average Bonchev–Trinajstić information content (AvgIpc) is 2.37. The zero-order valence-corrected chi connectivity index (χ0v) is 10.5. The van der Waals surface area contributed by atoms with Gasteiger partial charge in [-0.2, -0.15) is 0 Å². The number of ketones is 1. The maximum atomic E-state index is 11.7. The van der Waals surface area contributed by atoms with Crippen molar-refractivity contribution in [2.45, 2.75) is 6.92 Å². The second kappa shape index (κ2) is 7.27. The Kier molecular flexibility index (Phi) is 5.69. The minimum atomic E-state index is -1.05. The molecule has 0 saturated heterocycles. The molecule has 0 saturated carbocycles. The lowest BCUT2D eigenvalue weighted by Crippen LogP contribution is -2.27. The average molecular weight is 265 g/mol. The van der Waals surface area contributed by atoms with Gasteiger partial charge in [0.2, 0.25) is 0 Å². The Morgan fingerprint density at radius 3 is 2.26 bits per heavy atom. The molecule has 102 valence electrons. The van der Waals surface area contributed by atoms with Gasteiger partial charge in [-0.15, -0.1) is 0 Å². The number of rotatable bonds is 7.